The van der Waals surface area contributed by atoms with Crippen LogP contribution in [0.4, 0.5) is 0 Å². The first kappa shape index (κ1) is 19.5. The van der Waals surface area contributed by atoms with Crippen molar-refractivity contribution in [3.8, 4) is 5.75 Å². The van der Waals surface area contributed by atoms with Gasteiger partial charge in [0.2, 0.25) is 0 Å². The number of esters is 1. The average molecular weight is 355 g/mol. The van der Waals surface area contributed by atoms with Crippen molar-refractivity contribution in [1.82, 2.24) is 5.32 Å². The van der Waals surface area contributed by atoms with Crippen molar-refractivity contribution >= 4 is 11.9 Å². The second kappa shape index (κ2) is 8.04. The number of ether oxygens (including phenoxy) is 2. The minimum absolute atomic E-state index is 0.202. The molecule has 0 bridgehead atoms. The summed E-state index contributed by atoms with van der Waals surface area (Å²) in [5.74, 6) is 0.152. The zero-order valence-electron chi connectivity index (χ0n) is 15.9. The lowest BCUT2D eigenvalue weighted by atomic mass is 10.0. The van der Waals surface area contributed by atoms with Crippen molar-refractivity contribution < 1.29 is 19.1 Å². The molecule has 0 aliphatic heterocycles. The lowest BCUT2D eigenvalue weighted by Crippen LogP contribution is -2.25. The Morgan fingerprint density at radius 3 is 2.42 bits per heavy atom. The van der Waals surface area contributed by atoms with Crippen molar-refractivity contribution in [3.05, 3.63) is 64.7 Å². The molecule has 0 saturated heterocycles. The van der Waals surface area contributed by atoms with Crippen LogP contribution in [0.3, 0.4) is 0 Å². The van der Waals surface area contributed by atoms with Crippen LogP contribution < -0.4 is 10.1 Å². The van der Waals surface area contributed by atoms with Crippen molar-refractivity contribution in [2.24, 2.45) is 0 Å². The molecule has 2 aromatic carbocycles. The summed E-state index contributed by atoms with van der Waals surface area (Å²) in [6, 6.07) is 12.5. The van der Waals surface area contributed by atoms with Crippen LogP contribution in [0.5, 0.6) is 5.75 Å². The molecular formula is C21H25NO4. The van der Waals surface area contributed by atoms with E-state index in [0.29, 0.717) is 23.2 Å². The fraction of sp³-hybridized carbons (Fsp3) is 0.333. The number of methoxy groups -OCH3 is 1. The third-order valence-electron chi connectivity index (χ3n) is 3.69. The van der Waals surface area contributed by atoms with E-state index < -0.39 is 11.6 Å². The normalized spacial score (nSPS) is 11.0. The predicted molar refractivity (Wildman–Crippen MR) is 101 cm³/mol. The number of aryl methyl sites for hydroxylation is 1. The first-order chi connectivity index (χ1) is 12.2. The summed E-state index contributed by atoms with van der Waals surface area (Å²) in [5, 5.41) is 2.87. The maximum atomic E-state index is 12.4. The summed E-state index contributed by atoms with van der Waals surface area (Å²) in [6.45, 7) is 7.64. The second-order valence-corrected chi connectivity index (χ2v) is 7.07. The number of hydrogen-bond donors (Lipinski definition) is 1. The summed E-state index contributed by atoms with van der Waals surface area (Å²) in [7, 11) is 1.60. The van der Waals surface area contributed by atoms with Gasteiger partial charge in [-0.3, -0.25) is 4.79 Å². The van der Waals surface area contributed by atoms with E-state index in [2.05, 4.69) is 5.32 Å². The van der Waals surface area contributed by atoms with Crippen molar-refractivity contribution in [1.29, 1.82) is 0 Å². The van der Waals surface area contributed by atoms with Gasteiger partial charge in [0.15, 0.2) is 0 Å². The van der Waals surface area contributed by atoms with Gasteiger partial charge in [-0.15, -0.1) is 0 Å². The minimum Gasteiger partial charge on any atom is -0.497 e. The minimum atomic E-state index is -0.559. The zero-order valence-corrected chi connectivity index (χ0v) is 15.9. The Balaban J connectivity index is 2.05. The molecule has 5 heteroatoms. The van der Waals surface area contributed by atoms with Crippen molar-refractivity contribution in [3.63, 3.8) is 0 Å². The SMILES string of the molecule is COc1cccc(CNC(=O)c2ccc(C(=O)OC(C)(C)C)c(C)c2)c1. The Labute approximate surface area is 154 Å². The zero-order chi connectivity index (χ0) is 19.3. The second-order valence-electron chi connectivity index (χ2n) is 7.07. The van der Waals surface area contributed by atoms with Crippen molar-refractivity contribution in [2.45, 2.75) is 39.8 Å². The smallest absolute Gasteiger partial charge is 0.338 e. The molecule has 26 heavy (non-hydrogen) atoms. The van der Waals surface area contributed by atoms with E-state index in [0.717, 1.165) is 11.3 Å². The number of rotatable bonds is 5. The van der Waals surface area contributed by atoms with E-state index in [9.17, 15) is 9.59 Å². The summed E-state index contributed by atoms with van der Waals surface area (Å²) in [5.41, 5.74) is 2.05. The Morgan fingerprint density at radius 2 is 1.81 bits per heavy atom. The topological polar surface area (TPSA) is 64.6 Å². The number of carbonyl (C=O) groups is 2. The number of carbonyl (C=O) groups excluding carboxylic acids is 2. The first-order valence-electron chi connectivity index (χ1n) is 8.45. The summed E-state index contributed by atoms with van der Waals surface area (Å²) in [4.78, 5) is 24.6. The van der Waals surface area contributed by atoms with Crippen LogP contribution in [0.1, 0.15) is 52.6 Å². The van der Waals surface area contributed by atoms with Gasteiger partial charge in [-0.1, -0.05) is 12.1 Å². The number of benzene rings is 2. The highest BCUT2D eigenvalue weighted by Crippen LogP contribution is 2.17. The number of nitrogens with one attached hydrogen (secondary N) is 1. The van der Waals surface area contributed by atoms with Gasteiger partial charge in [-0.05, 0) is 69.2 Å². The largest absolute Gasteiger partial charge is 0.497 e. The van der Waals surface area contributed by atoms with Gasteiger partial charge in [-0.25, -0.2) is 4.79 Å². The standard InChI is InChI=1S/C21H25NO4/c1-14-11-16(9-10-18(14)20(24)26-21(2,3)4)19(23)22-13-15-7-6-8-17(12-15)25-5/h6-12H,13H2,1-5H3,(H,22,23). The van der Waals surface area contributed by atoms with E-state index in [1.165, 1.54) is 0 Å². The van der Waals surface area contributed by atoms with Crippen LogP contribution in [0.15, 0.2) is 42.5 Å². The monoisotopic (exact) mass is 355 g/mol. The van der Waals surface area contributed by atoms with Gasteiger partial charge in [0.1, 0.15) is 11.4 Å². The first-order valence-corrected chi connectivity index (χ1v) is 8.45. The molecule has 0 spiro atoms. The van der Waals surface area contributed by atoms with Gasteiger partial charge < -0.3 is 14.8 Å². The third-order valence-corrected chi connectivity index (χ3v) is 3.69. The Morgan fingerprint density at radius 1 is 1.08 bits per heavy atom. The fourth-order valence-electron chi connectivity index (χ4n) is 2.43. The van der Waals surface area contributed by atoms with E-state index >= 15 is 0 Å². The molecule has 0 aliphatic carbocycles. The molecule has 0 radical (unpaired) electrons. The Hall–Kier alpha value is -2.82. The van der Waals surface area contributed by atoms with Gasteiger partial charge in [0.05, 0.1) is 12.7 Å². The van der Waals surface area contributed by atoms with Crippen LogP contribution >= 0.6 is 0 Å². The summed E-state index contributed by atoms with van der Waals surface area (Å²) >= 11 is 0. The van der Waals surface area contributed by atoms with E-state index in [4.69, 9.17) is 9.47 Å². The van der Waals surface area contributed by atoms with Crippen LogP contribution in [-0.4, -0.2) is 24.6 Å². The lowest BCUT2D eigenvalue weighted by molar-refractivity contribution is 0.00685. The predicted octanol–water partition coefficient (Wildman–Crippen LogP) is 3.89. The quantitative estimate of drug-likeness (QED) is 0.827. The molecule has 0 atom stereocenters. The molecule has 0 saturated carbocycles. The van der Waals surface area contributed by atoms with Gasteiger partial charge in [-0.2, -0.15) is 0 Å². The molecule has 0 fully saturated rings. The summed E-state index contributed by atoms with van der Waals surface area (Å²) in [6.07, 6.45) is 0. The molecule has 1 amide bonds. The Bertz CT molecular complexity index is 806. The highest BCUT2D eigenvalue weighted by molar-refractivity contribution is 5.97. The van der Waals surface area contributed by atoms with Crippen LogP contribution in [0, 0.1) is 6.92 Å². The molecule has 1 N–H and O–H groups in total. The molecular weight excluding hydrogens is 330 g/mol. The van der Waals surface area contributed by atoms with Crippen LogP contribution in [0.25, 0.3) is 0 Å². The third kappa shape index (κ3) is 5.34. The van der Waals surface area contributed by atoms with Gasteiger partial charge in [0, 0.05) is 12.1 Å². The number of amides is 1. The maximum Gasteiger partial charge on any atom is 0.338 e. The molecule has 0 aliphatic rings. The molecule has 0 unspecified atom stereocenters. The van der Waals surface area contributed by atoms with Gasteiger partial charge in [0.25, 0.3) is 5.91 Å². The Kier molecular flexibility index (Phi) is 6.03. The molecule has 5 nitrogen and oxygen atoms in total. The van der Waals surface area contributed by atoms with Crippen molar-refractivity contribution in [2.75, 3.05) is 7.11 Å². The molecule has 2 rings (SSSR count). The summed E-state index contributed by atoms with van der Waals surface area (Å²) < 4.78 is 10.6. The van der Waals surface area contributed by atoms with E-state index in [1.54, 1.807) is 32.2 Å². The fourth-order valence-corrected chi connectivity index (χ4v) is 2.43. The molecule has 0 aromatic heterocycles. The maximum absolute atomic E-state index is 12.4. The van der Waals surface area contributed by atoms with Crippen LogP contribution in [0.2, 0.25) is 0 Å². The van der Waals surface area contributed by atoms with Gasteiger partial charge >= 0.3 is 5.97 Å². The average Bonchev–Trinajstić information content (AvgIpc) is 2.58. The van der Waals surface area contributed by atoms with E-state index in [1.807, 2.05) is 45.0 Å². The van der Waals surface area contributed by atoms with Crippen LogP contribution in [-0.2, 0) is 11.3 Å². The number of hydrogen-bond acceptors (Lipinski definition) is 4. The van der Waals surface area contributed by atoms with E-state index in [-0.39, 0.29) is 5.91 Å². The lowest BCUT2D eigenvalue weighted by Gasteiger charge is -2.20. The highest BCUT2D eigenvalue weighted by Gasteiger charge is 2.20. The molecule has 138 valence electrons. The molecule has 2 aromatic rings. The highest BCUT2D eigenvalue weighted by atomic mass is 16.6. The molecule has 0 heterocycles.